The molecule has 1 aliphatic heterocycles. The van der Waals surface area contributed by atoms with Crippen LogP contribution in [0.5, 0.6) is 0 Å². The molecule has 1 aliphatic rings. The Balaban J connectivity index is 1.59. The number of para-hydroxylation sites is 1. The number of nitrogens with zero attached hydrogens (tertiary/aromatic N) is 5. The van der Waals surface area contributed by atoms with Crippen molar-refractivity contribution in [1.82, 2.24) is 19.5 Å². The van der Waals surface area contributed by atoms with Gasteiger partial charge in [-0.15, -0.1) is 11.3 Å². The predicted molar refractivity (Wildman–Crippen MR) is 155 cm³/mol. The van der Waals surface area contributed by atoms with Gasteiger partial charge in [-0.25, -0.2) is 18.7 Å². The molecule has 0 radical (unpaired) electrons. The Morgan fingerprint density at radius 3 is 2.54 bits per heavy atom. The van der Waals surface area contributed by atoms with Gasteiger partial charge in [0, 0.05) is 53.3 Å². The van der Waals surface area contributed by atoms with Crippen molar-refractivity contribution in [2.24, 2.45) is 5.73 Å². The van der Waals surface area contributed by atoms with Crippen LogP contribution in [0.3, 0.4) is 0 Å². The van der Waals surface area contributed by atoms with Crippen molar-refractivity contribution in [3.63, 3.8) is 0 Å². The molecule has 0 aliphatic carbocycles. The highest BCUT2D eigenvalue weighted by Gasteiger charge is 2.24. The summed E-state index contributed by atoms with van der Waals surface area (Å²) in [6.45, 7) is 3.02. The number of nitrogens with one attached hydrogen (secondary N) is 1. The summed E-state index contributed by atoms with van der Waals surface area (Å²) in [7, 11) is 0. The number of aryl methyl sites for hydroxylation is 1. The van der Waals surface area contributed by atoms with Crippen molar-refractivity contribution in [3.05, 3.63) is 93.2 Å². The number of benzene rings is 2. The van der Waals surface area contributed by atoms with Crippen LogP contribution in [-0.2, 0) is 0 Å². The molecule has 3 N–H and O–H groups in total. The zero-order valence-electron chi connectivity index (χ0n) is 22.0. The van der Waals surface area contributed by atoms with Crippen molar-refractivity contribution in [3.8, 4) is 16.9 Å². The molecule has 0 saturated carbocycles. The van der Waals surface area contributed by atoms with Gasteiger partial charge in [-0.1, -0.05) is 12.1 Å². The number of aromatic nitrogens is 4. The summed E-state index contributed by atoms with van der Waals surface area (Å²) in [5.74, 6) is -1.85. The van der Waals surface area contributed by atoms with Gasteiger partial charge in [0.15, 0.2) is 10.8 Å². The van der Waals surface area contributed by atoms with Crippen molar-refractivity contribution in [1.29, 1.82) is 0 Å². The topological polar surface area (TPSA) is 119 Å². The lowest BCUT2D eigenvalue weighted by atomic mass is 9.99. The number of fused-ring (bicyclic) bond motifs is 1. The maximum atomic E-state index is 15.0. The van der Waals surface area contributed by atoms with E-state index in [2.05, 4.69) is 15.3 Å². The maximum absolute atomic E-state index is 15.0. The van der Waals surface area contributed by atoms with Crippen LogP contribution in [0.25, 0.3) is 28.0 Å². The first-order valence-electron chi connectivity index (χ1n) is 13.0. The van der Waals surface area contributed by atoms with Crippen LogP contribution in [0.2, 0.25) is 0 Å². The minimum Gasteiger partial charge on any atom is -0.341 e. The quantitative estimate of drug-likeness (QED) is 0.314. The highest BCUT2D eigenvalue weighted by Crippen LogP contribution is 2.33. The number of amides is 1. The first-order chi connectivity index (χ1) is 19.8. The highest BCUT2D eigenvalue weighted by molar-refractivity contribution is 7.13. The summed E-state index contributed by atoms with van der Waals surface area (Å²) in [5.41, 5.74) is 7.20. The number of nitrogens with two attached hydrogens (primary N) is 1. The first kappa shape index (κ1) is 26.7. The van der Waals surface area contributed by atoms with Gasteiger partial charge in [-0.3, -0.25) is 19.5 Å². The number of thiazole rings is 1. The molecule has 0 spiro atoms. The summed E-state index contributed by atoms with van der Waals surface area (Å²) in [4.78, 5) is 41.8. The molecule has 5 aromatic rings. The number of halogens is 2. The van der Waals surface area contributed by atoms with Crippen molar-refractivity contribution < 1.29 is 13.6 Å². The fraction of sp³-hybridized carbons (Fsp3) is 0.207. The number of hydrogen-bond donors (Lipinski definition) is 2. The lowest BCUT2D eigenvalue weighted by Gasteiger charge is -2.30. The van der Waals surface area contributed by atoms with E-state index in [4.69, 9.17) is 10.7 Å². The molecule has 1 amide bonds. The maximum Gasteiger partial charge on any atom is 0.257 e. The lowest BCUT2D eigenvalue weighted by molar-refractivity contribution is 0.102. The standard InChI is InChI=1S/C29H25F2N7O2S/c1-16-5-6-17(27(40)36-29-33-11-14-41-29)15-20(16)24-19-7-8-23(39)38(25-21(30)3-2-4-22(25)31)26(19)35-28(34-24)37-12-9-18(32)10-13-37/h2-8,11,14-15,18H,9-10,12-13,32H2,1H3,(H,33,36,40). The van der Waals surface area contributed by atoms with Gasteiger partial charge in [-0.2, -0.15) is 4.98 Å². The zero-order chi connectivity index (χ0) is 28.7. The van der Waals surface area contributed by atoms with Crippen LogP contribution in [0.4, 0.5) is 19.9 Å². The van der Waals surface area contributed by atoms with Gasteiger partial charge < -0.3 is 10.6 Å². The second-order valence-corrected chi connectivity index (χ2v) is 10.7. The van der Waals surface area contributed by atoms with Crippen LogP contribution in [0.15, 0.2) is 64.9 Å². The van der Waals surface area contributed by atoms with E-state index in [9.17, 15) is 9.59 Å². The van der Waals surface area contributed by atoms with Crippen LogP contribution < -0.4 is 21.5 Å². The number of hydrogen-bond acceptors (Lipinski definition) is 8. The Bertz CT molecular complexity index is 1810. The second-order valence-electron chi connectivity index (χ2n) is 9.83. The van der Waals surface area contributed by atoms with Crippen molar-refractivity contribution in [2.45, 2.75) is 25.8 Å². The number of piperidine rings is 1. The van der Waals surface area contributed by atoms with E-state index in [-0.39, 0.29) is 17.6 Å². The summed E-state index contributed by atoms with van der Waals surface area (Å²) in [6, 6.07) is 11.4. The average molecular weight is 574 g/mol. The monoisotopic (exact) mass is 573 g/mol. The molecule has 0 atom stereocenters. The summed E-state index contributed by atoms with van der Waals surface area (Å²) in [6.07, 6.45) is 3.03. The summed E-state index contributed by atoms with van der Waals surface area (Å²) >= 11 is 1.30. The van der Waals surface area contributed by atoms with Gasteiger partial charge in [0.2, 0.25) is 5.95 Å². The van der Waals surface area contributed by atoms with Crippen LogP contribution in [0.1, 0.15) is 28.8 Å². The zero-order valence-corrected chi connectivity index (χ0v) is 22.8. The normalized spacial score (nSPS) is 14.0. The predicted octanol–water partition coefficient (Wildman–Crippen LogP) is 4.67. The van der Waals surface area contributed by atoms with Crippen molar-refractivity contribution in [2.75, 3.05) is 23.3 Å². The fourth-order valence-electron chi connectivity index (χ4n) is 4.94. The van der Waals surface area contributed by atoms with E-state index >= 15 is 8.78 Å². The van der Waals surface area contributed by atoms with Crippen molar-refractivity contribution >= 4 is 39.4 Å². The lowest BCUT2D eigenvalue weighted by Crippen LogP contribution is -2.40. The number of pyridine rings is 1. The van der Waals surface area contributed by atoms with E-state index < -0.39 is 22.9 Å². The van der Waals surface area contributed by atoms with Crippen LogP contribution >= 0.6 is 11.3 Å². The van der Waals surface area contributed by atoms with E-state index in [1.54, 1.807) is 35.8 Å². The molecule has 9 nitrogen and oxygen atoms in total. The molecule has 12 heteroatoms. The van der Waals surface area contributed by atoms with Gasteiger partial charge in [0.25, 0.3) is 11.5 Å². The molecule has 1 fully saturated rings. The molecule has 2 aromatic carbocycles. The number of carbonyl (C=O) groups is 1. The average Bonchev–Trinajstić information content (AvgIpc) is 3.47. The molecule has 41 heavy (non-hydrogen) atoms. The molecular formula is C29H25F2N7O2S. The van der Waals surface area contributed by atoms with Gasteiger partial charge in [-0.05, 0) is 55.7 Å². The Morgan fingerprint density at radius 1 is 1.07 bits per heavy atom. The molecule has 208 valence electrons. The van der Waals surface area contributed by atoms with Crippen LogP contribution in [0, 0.1) is 18.6 Å². The molecule has 0 unspecified atom stereocenters. The first-order valence-corrected chi connectivity index (χ1v) is 13.9. The van der Waals surface area contributed by atoms with E-state index in [1.165, 1.54) is 23.5 Å². The second kappa shape index (κ2) is 10.8. The Labute approximate surface area is 237 Å². The van der Waals surface area contributed by atoms with Gasteiger partial charge in [0.1, 0.15) is 17.3 Å². The molecular weight excluding hydrogens is 548 g/mol. The third-order valence-electron chi connectivity index (χ3n) is 7.13. The molecule has 6 rings (SSSR count). The smallest absolute Gasteiger partial charge is 0.257 e. The minimum atomic E-state index is -0.901. The van der Waals surface area contributed by atoms with E-state index in [0.29, 0.717) is 59.2 Å². The third kappa shape index (κ3) is 5.07. The van der Waals surface area contributed by atoms with Crippen LogP contribution in [-0.4, -0.2) is 44.6 Å². The SMILES string of the molecule is Cc1ccc(C(=O)Nc2nccs2)cc1-c1nc(N2CCC(N)CC2)nc2c1ccc(=O)n2-c1c(F)cccc1F. The van der Waals surface area contributed by atoms with Gasteiger partial charge in [0.05, 0.1) is 5.69 Å². The Hall–Kier alpha value is -4.55. The van der Waals surface area contributed by atoms with Gasteiger partial charge >= 0.3 is 0 Å². The van der Waals surface area contributed by atoms with E-state index in [0.717, 1.165) is 22.3 Å². The number of carbonyl (C=O) groups excluding carboxylic acids is 1. The fourth-order valence-corrected chi connectivity index (χ4v) is 5.47. The molecule has 3 aromatic heterocycles. The number of anilines is 2. The Kier molecular flexibility index (Phi) is 7.01. The minimum absolute atomic E-state index is 0.0483. The Morgan fingerprint density at radius 2 is 1.83 bits per heavy atom. The number of rotatable bonds is 5. The molecule has 4 heterocycles. The summed E-state index contributed by atoms with van der Waals surface area (Å²) in [5, 5.41) is 5.40. The van der Waals surface area contributed by atoms with E-state index in [1.807, 2.05) is 11.8 Å². The highest BCUT2D eigenvalue weighted by atomic mass is 32.1. The third-order valence-corrected chi connectivity index (χ3v) is 7.82. The molecule has 1 saturated heterocycles. The molecule has 0 bridgehead atoms. The summed E-state index contributed by atoms with van der Waals surface area (Å²) < 4.78 is 31.0. The largest absolute Gasteiger partial charge is 0.341 e.